The van der Waals surface area contributed by atoms with Gasteiger partial charge in [0.15, 0.2) is 0 Å². The minimum absolute atomic E-state index is 0.606. The fourth-order valence-corrected chi connectivity index (χ4v) is 2.95. The summed E-state index contributed by atoms with van der Waals surface area (Å²) in [5.41, 5.74) is 0. The molecule has 3 heterocycles. The van der Waals surface area contributed by atoms with Crippen molar-refractivity contribution >= 4 is 0 Å². The number of aromatic nitrogens is 2. The van der Waals surface area contributed by atoms with E-state index in [0.29, 0.717) is 24.4 Å². The SMILES string of the molecule is Cc1nnc(CNC2CCN3CCCC23)o1. The van der Waals surface area contributed by atoms with Gasteiger partial charge in [0.05, 0.1) is 6.54 Å². The third-order valence-electron chi connectivity index (χ3n) is 3.69. The smallest absolute Gasteiger partial charge is 0.230 e. The van der Waals surface area contributed by atoms with Crippen LogP contribution in [-0.2, 0) is 6.54 Å². The van der Waals surface area contributed by atoms with E-state index in [1.807, 2.05) is 6.92 Å². The van der Waals surface area contributed by atoms with E-state index in [0.717, 1.165) is 6.04 Å². The Morgan fingerprint density at radius 1 is 1.38 bits per heavy atom. The van der Waals surface area contributed by atoms with E-state index in [9.17, 15) is 0 Å². The first-order chi connectivity index (χ1) is 7.83. The van der Waals surface area contributed by atoms with Crippen LogP contribution in [-0.4, -0.2) is 40.3 Å². The number of nitrogens with zero attached hydrogens (tertiary/aromatic N) is 3. The molecule has 0 amide bonds. The van der Waals surface area contributed by atoms with E-state index in [2.05, 4.69) is 20.4 Å². The first kappa shape index (κ1) is 10.2. The summed E-state index contributed by atoms with van der Waals surface area (Å²) in [4.78, 5) is 2.59. The Balaban J connectivity index is 1.55. The van der Waals surface area contributed by atoms with Crippen LogP contribution in [0.1, 0.15) is 31.0 Å². The van der Waals surface area contributed by atoms with Gasteiger partial charge < -0.3 is 9.73 Å². The van der Waals surface area contributed by atoms with Crippen molar-refractivity contribution in [1.29, 1.82) is 0 Å². The molecule has 0 saturated carbocycles. The lowest BCUT2D eigenvalue weighted by Gasteiger charge is -2.20. The molecular formula is C11H18N4O. The molecule has 0 aromatic carbocycles. The molecule has 2 aliphatic rings. The van der Waals surface area contributed by atoms with Crippen LogP contribution in [0.15, 0.2) is 4.42 Å². The maximum atomic E-state index is 5.36. The fourth-order valence-electron chi connectivity index (χ4n) is 2.95. The zero-order valence-corrected chi connectivity index (χ0v) is 9.65. The van der Waals surface area contributed by atoms with Crippen molar-refractivity contribution in [2.24, 2.45) is 0 Å². The van der Waals surface area contributed by atoms with E-state index >= 15 is 0 Å². The number of hydrogen-bond donors (Lipinski definition) is 1. The molecule has 0 bridgehead atoms. The minimum atomic E-state index is 0.606. The molecule has 3 rings (SSSR count). The fraction of sp³-hybridized carbons (Fsp3) is 0.818. The molecule has 5 nitrogen and oxygen atoms in total. The zero-order chi connectivity index (χ0) is 11.0. The Labute approximate surface area is 95.2 Å². The van der Waals surface area contributed by atoms with Gasteiger partial charge in [0, 0.05) is 25.6 Å². The highest BCUT2D eigenvalue weighted by atomic mass is 16.4. The van der Waals surface area contributed by atoms with Crippen LogP contribution in [0, 0.1) is 6.92 Å². The molecule has 5 heteroatoms. The lowest BCUT2D eigenvalue weighted by molar-refractivity contribution is 0.294. The number of nitrogens with one attached hydrogen (secondary N) is 1. The molecule has 0 spiro atoms. The second kappa shape index (κ2) is 4.14. The highest BCUT2D eigenvalue weighted by Crippen LogP contribution is 2.27. The summed E-state index contributed by atoms with van der Waals surface area (Å²) in [5.74, 6) is 1.35. The van der Waals surface area contributed by atoms with Crippen molar-refractivity contribution < 1.29 is 4.42 Å². The molecule has 1 aromatic heterocycles. The number of fused-ring (bicyclic) bond motifs is 1. The maximum absolute atomic E-state index is 5.36. The zero-order valence-electron chi connectivity index (χ0n) is 9.65. The molecule has 1 N–H and O–H groups in total. The quantitative estimate of drug-likeness (QED) is 0.816. The average Bonchev–Trinajstić information content (AvgIpc) is 2.91. The Hall–Kier alpha value is -0.940. The number of hydrogen-bond acceptors (Lipinski definition) is 5. The molecule has 1 aromatic rings. The average molecular weight is 222 g/mol. The van der Waals surface area contributed by atoms with Gasteiger partial charge in [0.2, 0.25) is 11.8 Å². The summed E-state index contributed by atoms with van der Waals surface area (Å²) < 4.78 is 5.36. The standard InChI is InChI=1S/C11H18N4O/c1-8-13-14-11(16-8)7-12-9-4-6-15-5-2-3-10(9)15/h9-10,12H,2-7H2,1H3. The predicted molar refractivity (Wildman–Crippen MR) is 58.9 cm³/mol. The predicted octanol–water partition coefficient (Wildman–Crippen LogP) is 0.704. The summed E-state index contributed by atoms with van der Waals surface area (Å²) >= 11 is 0. The maximum Gasteiger partial charge on any atom is 0.230 e. The van der Waals surface area contributed by atoms with Crippen molar-refractivity contribution in [3.8, 4) is 0 Å². The van der Waals surface area contributed by atoms with Crippen molar-refractivity contribution in [3.05, 3.63) is 11.8 Å². The van der Waals surface area contributed by atoms with Gasteiger partial charge in [-0.1, -0.05) is 0 Å². The molecule has 16 heavy (non-hydrogen) atoms. The van der Waals surface area contributed by atoms with Crippen LogP contribution in [0.25, 0.3) is 0 Å². The van der Waals surface area contributed by atoms with Crippen LogP contribution in [0.2, 0.25) is 0 Å². The highest BCUT2D eigenvalue weighted by Gasteiger charge is 2.36. The third-order valence-corrected chi connectivity index (χ3v) is 3.69. The van der Waals surface area contributed by atoms with Crippen LogP contribution in [0.5, 0.6) is 0 Å². The Kier molecular flexibility index (Phi) is 2.65. The largest absolute Gasteiger partial charge is 0.424 e. The lowest BCUT2D eigenvalue weighted by Crippen LogP contribution is -2.38. The molecule has 2 atom stereocenters. The van der Waals surface area contributed by atoms with Gasteiger partial charge in [-0.25, -0.2) is 0 Å². The molecule has 2 fully saturated rings. The highest BCUT2D eigenvalue weighted by molar-refractivity contribution is 4.96. The van der Waals surface area contributed by atoms with Crippen molar-refractivity contribution in [3.63, 3.8) is 0 Å². The van der Waals surface area contributed by atoms with E-state index in [1.165, 1.54) is 32.4 Å². The van der Waals surface area contributed by atoms with Crippen LogP contribution >= 0.6 is 0 Å². The third kappa shape index (κ3) is 1.85. The second-order valence-electron chi connectivity index (χ2n) is 4.74. The summed E-state index contributed by atoms with van der Waals surface area (Å²) in [6.45, 7) is 5.05. The van der Waals surface area contributed by atoms with E-state index in [4.69, 9.17) is 4.42 Å². The van der Waals surface area contributed by atoms with E-state index in [-0.39, 0.29) is 0 Å². The monoisotopic (exact) mass is 222 g/mol. The summed E-state index contributed by atoms with van der Waals surface area (Å²) in [5, 5.41) is 11.4. The van der Waals surface area contributed by atoms with Crippen LogP contribution < -0.4 is 5.32 Å². The Morgan fingerprint density at radius 3 is 3.12 bits per heavy atom. The van der Waals surface area contributed by atoms with Crippen LogP contribution in [0.4, 0.5) is 0 Å². The van der Waals surface area contributed by atoms with Crippen molar-refractivity contribution in [2.75, 3.05) is 13.1 Å². The second-order valence-corrected chi connectivity index (χ2v) is 4.74. The van der Waals surface area contributed by atoms with E-state index in [1.54, 1.807) is 0 Å². The molecule has 2 saturated heterocycles. The minimum Gasteiger partial charge on any atom is -0.424 e. The summed E-state index contributed by atoms with van der Waals surface area (Å²) in [6.07, 6.45) is 3.93. The number of aryl methyl sites for hydroxylation is 1. The molecule has 0 radical (unpaired) electrons. The molecular weight excluding hydrogens is 204 g/mol. The van der Waals surface area contributed by atoms with Gasteiger partial charge >= 0.3 is 0 Å². The molecule has 88 valence electrons. The van der Waals surface area contributed by atoms with Crippen molar-refractivity contribution in [2.45, 2.75) is 44.8 Å². The first-order valence-electron chi connectivity index (χ1n) is 6.09. The summed E-state index contributed by atoms with van der Waals surface area (Å²) in [7, 11) is 0. The molecule has 2 unspecified atom stereocenters. The van der Waals surface area contributed by atoms with Gasteiger partial charge in [0.1, 0.15) is 0 Å². The van der Waals surface area contributed by atoms with Crippen molar-refractivity contribution in [1.82, 2.24) is 20.4 Å². The van der Waals surface area contributed by atoms with Gasteiger partial charge in [-0.2, -0.15) is 0 Å². The Bertz CT molecular complexity index is 365. The lowest BCUT2D eigenvalue weighted by atomic mass is 10.1. The molecule has 0 aliphatic carbocycles. The molecule has 2 aliphatic heterocycles. The van der Waals surface area contributed by atoms with Gasteiger partial charge in [0.25, 0.3) is 0 Å². The van der Waals surface area contributed by atoms with Gasteiger partial charge in [-0.3, -0.25) is 4.90 Å². The van der Waals surface area contributed by atoms with E-state index < -0.39 is 0 Å². The first-order valence-corrected chi connectivity index (χ1v) is 6.09. The Morgan fingerprint density at radius 2 is 2.31 bits per heavy atom. The summed E-state index contributed by atoms with van der Waals surface area (Å²) in [6, 6.07) is 1.35. The van der Waals surface area contributed by atoms with Gasteiger partial charge in [-0.15, -0.1) is 10.2 Å². The normalized spacial score (nSPS) is 29.8. The topological polar surface area (TPSA) is 54.2 Å². The van der Waals surface area contributed by atoms with Crippen LogP contribution in [0.3, 0.4) is 0 Å². The van der Waals surface area contributed by atoms with Gasteiger partial charge in [-0.05, 0) is 25.8 Å². The number of rotatable bonds is 3.